The number of anilines is 1. The van der Waals surface area contributed by atoms with Crippen molar-refractivity contribution in [1.82, 2.24) is 10.2 Å². The zero-order valence-corrected chi connectivity index (χ0v) is 26.5. The molecule has 0 bridgehead atoms. The van der Waals surface area contributed by atoms with Gasteiger partial charge < -0.3 is 10.2 Å². The molecule has 4 aromatic carbocycles. The first kappa shape index (κ1) is 32.5. The molecule has 7 nitrogen and oxygen atoms in total. The quantitative estimate of drug-likeness (QED) is 0.176. The van der Waals surface area contributed by atoms with Gasteiger partial charge in [0.15, 0.2) is 0 Å². The Morgan fingerprint density at radius 1 is 0.750 bits per heavy atom. The van der Waals surface area contributed by atoms with Crippen LogP contribution >= 0.6 is 0 Å². The number of carbonyl (C=O) groups is 2. The van der Waals surface area contributed by atoms with Crippen LogP contribution in [0.3, 0.4) is 0 Å². The zero-order valence-electron chi connectivity index (χ0n) is 25.6. The van der Waals surface area contributed by atoms with E-state index in [9.17, 15) is 18.0 Å². The summed E-state index contributed by atoms with van der Waals surface area (Å²) >= 11 is 0. The maximum Gasteiger partial charge on any atom is 0.264 e. The Morgan fingerprint density at radius 2 is 1.32 bits per heavy atom. The average molecular weight is 612 g/mol. The summed E-state index contributed by atoms with van der Waals surface area (Å²) in [5, 5.41) is 3.02. The zero-order chi connectivity index (χ0) is 31.5. The maximum atomic E-state index is 14.4. The van der Waals surface area contributed by atoms with E-state index in [0.29, 0.717) is 12.2 Å². The Hall–Kier alpha value is -4.43. The lowest BCUT2D eigenvalue weighted by Gasteiger charge is -2.34. The molecular formula is C36H41N3O4S. The molecule has 0 radical (unpaired) electrons. The van der Waals surface area contributed by atoms with Crippen LogP contribution in [-0.2, 0) is 32.6 Å². The highest BCUT2D eigenvalue weighted by molar-refractivity contribution is 7.92. The molecule has 230 valence electrons. The van der Waals surface area contributed by atoms with Crippen LogP contribution in [0.4, 0.5) is 5.69 Å². The SMILES string of the molecule is CCCCNC(=O)[C@@H](Cc1ccccc1)N(Cc1ccc(C)cc1)C(=O)CN(c1ccc(C)cc1)S(=O)(=O)c1ccccc1. The molecule has 0 fully saturated rings. The van der Waals surface area contributed by atoms with Gasteiger partial charge in [0.1, 0.15) is 12.6 Å². The molecule has 44 heavy (non-hydrogen) atoms. The minimum Gasteiger partial charge on any atom is -0.354 e. The Bertz CT molecular complexity index is 1610. The Labute approximate surface area is 261 Å². The molecule has 2 amide bonds. The van der Waals surface area contributed by atoms with Crippen molar-refractivity contribution in [2.45, 2.75) is 57.5 Å². The van der Waals surface area contributed by atoms with Crippen molar-refractivity contribution in [3.8, 4) is 0 Å². The largest absolute Gasteiger partial charge is 0.354 e. The first-order valence-electron chi connectivity index (χ1n) is 15.0. The van der Waals surface area contributed by atoms with Crippen LogP contribution in [0.15, 0.2) is 114 Å². The van der Waals surface area contributed by atoms with Gasteiger partial charge in [-0.25, -0.2) is 8.42 Å². The summed E-state index contributed by atoms with van der Waals surface area (Å²) < 4.78 is 29.2. The van der Waals surface area contributed by atoms with E-state index in [-0.39, 0.29) is 23.8 Å². The lowest BCUT2D eigenvalue weighted by atomic mass is 10.0. The van der Waals surface area contributed by atoms with Crippen LogP contribution in [0.1, 0.15) is 42.0 Å². The van der Waals surface area contributed by atoms with E-state index < -0.39 is 28.5 Å². The highest BCUT2D eigenvalue weighted by atomic mass is 32.2. The molecule has 1 atom stereocenters. The number of hydrogen-bond acceptors (Lipinski definition) is 4. The van der Waals surface area contributed by atoms with Gasteiger partial charge in [-0.3, -0.25) is 13.9 Å². The number of carbonyl (C=O) groups excluding carboxylic acids is 2. The number of sulfonamides is 1. The van der Waals surface area contributed by atoms with Gasteiger partial charge in [-0.05, 0) is 55.7 Å². The monoisotopic (exact) mass is 611 g/mol. The van der Waals surface area contributed by atoms with E-state index in [2.05, 4.69) is 5.32 Å². The van der Waals surface area contributed by atoms with Crippen molar-refractivity contribution < 1.29 is 18.0 Å². The number of hydrogen-bond donors (Lipinski definition) is 1. The van der Waals surface area contributed by atoms with Crippen LogP contribution in [0.2, 0.25) is 0 Å². The summed E-state index contributed by atoms with van der Waals surface area (Å²) in [5.74, 6) is -0.743. The lowest BCUT2D eigenvalue weighted by molar-refractivity contribution is -0.140. The third kappa shape index (κ3) is 8.57. The van der Waals surface area contributed by atoms with Crippen molar-refractivity contribution in [2.75, 3.05) is 17.4 Å². The number of benzene rings is 4. The lowest BCUT2D eigenvalue weighted by Crippen LogP contribution is -2.53. The van der Waals surface area contributed by atoms with E-state index in [1.807, 2.05) is 87.5 Å². The summed E-state index contributed by atoms with van der Waals surface area (Å²) in [6, 6.07) is 31.6. The smallest absolute Gasteiger partial charge is 0.264 e. The molecule has 0 aromatic heterocycles. The van der Waals surface area contributed by atoms with E-state index in [4.69, 9.17) is 0 Å². The molecule has 0 aliphatic heterocycles. The summed E-state index contributed by atoms with van der Waals surface area (Å²) in [4.78, 5) is 29.8. The van der Waals surface area contributed by atoms with E-state index >= 15 is 0 Å². The van der Waals surface area contributed by atoms with Crippen molar-refractivity contribution in [3.05, 3.63) is 131 Å². The fraction of sp³-hybridized carbons (Fsp3) is 0.278. The Kier molecular flexibility index (Phi) is 11.3. The predicted molar refractivity (Wildman–Crippen MR) is 176 cm³/mol. The number of unbranched alkanes of at least 4 members (excludes halogenated alkanes) is 1. The number of nitrogens with zero attached hydrogens (tertiary/aromatic N) is 2. The maximum absolute atomic E-state index is 14.4. The molecular weight excluding hydrogens is 570 g/mol. The third-order valence-corrected chi connectivity index (χ3v) is 9.29. The van der Waals surface area contributed by atoms with Crippen molar-refractivity contribution >= 4 is 27.5 Å². The van der Waals surface area contributed by atoms with Gasteiger partial charge in [-0.2, -0.15) is 0 Å². The summed E-state index contributed by atoms with van der Waals surface area (Å²) in [5.41, 5.74) is 4.15. The summed E-state index contributed by atoms with van der Waals surface area (Å²) in [7, 11) is -4.11. The van der Waals surface area contributed by atoms with Gasteiger partial charge >= 0.3 is 0 Å². The number of aryl methyl sites for hydroxylation is 2. The van der Waals surface area contributed by atoms with Gasteiger partial charge in [0.05, 0.1) is 10.6 Å². The van der Waals surface area contributed by atoms with Gasteiger partial charge in [-0.15, -0.1) is 0 Å². The second kappa shape index (κ2) is 15.3. The summed E-state index contributed by atoms with van der Waals surface area (Å²) in [6.45, 7) is 6.11. The van der Waals surface area contributed by atoms with Crippen molar-refractivity contribution in [3.63, 3.8) is 0 Å². The Morgan fingerprint density at radius 3 is 1.91 bits per heavy atom. The number of amides is 2. The number of nitrogens with one attached hydrogen (secondary N) is 1. The van der Waals surface area contributed by atoms with Gasteiger partial charge in [0.25, 0.3) is 10.0 Å². The summed E-state index contributed by atoms with van der Waals surface area (Å²) in [6.07, 6.45) is 2.01. The van der Waals surface area contributed by atoms with Crippen LogP contribution < -0.4 is 9.62 Å². The molecule has 8 heteroatoms. The van der Waals surface area contributed by atoms with Gasteiger partial charge in [-0.1, -0.05) is 109 Å². The van der Waals surface area contributed by atoms with Crippen molar-refractivity contribution in [2.24, 2.45) is 0 Å². The highest BCUT2D eigenvalue weighted by Crippen LogP contribution is 2.25. The first-order valence-corrected chi connectivity index (χ1v) is 16.4. The predicted octanol–water partition coefficient (Wildman–Crippen LogP) is 6.06. The molecule has 1 N–H and O–H groups in total. The van der Waals surface area contributed by atoms with Crippen LogP contribution in [0.25, 0.3) is 0 Å². The standard InChI is InChI=1S/C36H41N3O4S/c1-4-5-24-37-36(41)34(25-30-12-8-6-9-13-30)38(26-31-20-16-28(2)17-21-31)35(40)27-39(32-22-18-29(3)19-23-32)44(42,43)33-14-10-7-11-15-33/h6-23,34H,4-5,24-27H2,1-3H3,(H,37,41)/t34-/m1/s1. The van der Waals surface area contributed by atoms with Crippen LogP contribution in [0.5, 0.6) is 0 Å². The molecule has 0 saturated carbocycles. The molecule has 0 aliphatic carbocycles. The molecule has 0 unspecified atom stereocenters. The van der Waals surface area contributed by atoms with Gasteiger partial charge in [0.2, 0.25) is 11.8 Å². The third-order valence-electron chi connectivity index (χ3n) is 7.51. The highest BCUT2D eigenvalue weighted by Gasteiger charge is 2.34. The minimum absolute atomic E-state index is 0.0802. The van der Waals surface area contributed by atoms with Gasteiger partial charge in [0, 0.05) is 19.5 Å². The van der Waals surface area contributed by atoms with Crippen LogP contribution in [-0.4, -0.2) is 44.3 Å². The Balaban J connectivity index is 1.77. The second-order valence-corrected chi connectivity index (χ2v) is 12.9. The fourth-order valence-electron chi connectivity index (χ4n) is 4.91. The normalized spacial score (nSPS) is 11.9. The molecule has 4 aromatic rings. The minimum atomic E-state index is -4.11. The van der Waals surface area contributed by atoms with Crippen LogP contribution in [0, 0.1) is 13.8 Å². The first-order chi connectivity index (χ1) is 21.2. The average Bonchev–Trinajstić information content (AvgIpc) is 3.03. The second-order valence-electron chi connectivity index (χ2n) is 11.0. The van der Waals surface area contributed by atoms with E-state index in [1.54, 1.807) is 30.3 Å². The molecule has 0 aliphatic rings. The van der Waals surface area contributed by atoms with E-state index in [0.717, 1.165) is 39.4 Å². The van der Waals surface area contributed by atoms with Crippen molar-refractivity contribution in [1.29, 1.82) is 0 Å². The topological polar surface area (TPSA) is 86.8 Å². The molecule has 0 saturated heterocycles. The molecule has 0 spiro atoms. The number of rotatable bonds is 14. The molecule has 0 heterocycles. The molecule has 4 rings (SSSR count). The fourth-order valence-corrected chi connectivity index (χ4v) is 6.34. The van der Waals surface area contributed by atoms with E-state index in [1.165, 1.54) is 17.0 Å².